The van der Waals surface area contributed by atoms with Crippen molar-refractivity contribution >= 4 is 27.3 Å². The molecule has 1 N–H and O–H groups in total. The molecule has 0 fully saturated rings. The molecule has 1 atom stereocenters. The van der Waals surface area contributed by atoms with Crippen LogP contribution in [0, 0.1) is 6.92 Å². The van der Waals surface area contributed by atoms with Gasteiger partial charge in [0, 0.05) is 33.7 Å². The highest BCUT2D eigenvalue weighted by molar-refractivity contribution is 9.10. The number of hydrogen-bond donors (Lipinski definition) is 1. The van der Waals surface area contributed by atoms with Gasteiger partial charge in [-0.1, -0.05) is 0 Å². The van der Waals surface area contributed by atoms with Crippen molar-refractivity contribution in [2.45, 2.75) is 19.4 Å². The average Bonchev–Trinajstić information content (AvgIpc) is 2.71. The molecule has 0 radical (unpaired) electrons. The zero-order chi connectivity index (χ0) is 12.3. The molecule has 90 valence electrons. The monoisotopic (exact) mass is 310 g/mol. The Balaban J connectivity index is 2.20. The van der Waals surface area contributed by atoms with E-state index in [1.807, 2.05) is 20.2 Å². The van der Waals surface area contributed by atoms with Crippen LogP contribution in [0.3, 0.4) is 0 Å². The third kappa shape index (κ3) is 3.15. The van der Waals surface area contributed by atoms with Gasteiger partial charge in [0.1, 0.15) is 0 Å². The molecule has 17 heavy (non-hydrogen) atoms. The van der Waals surface area contributed by atoms with E-state index in [4.69, 9.17) is 0 Å². The molecule has 0 amide bonds. The molecule has 0 spiro atoms. The average molecular weight is 311 g/mol. The van der Waals surface area contributed by atoms with E-state index in [0.29, 0.717) is 6.04 Å². The molecule has 0 bridgehead atoms. The zero-order valence-corrected chi connectivity index (χ0v) is 12.3. The molecule has 2 nitrogen and oxygen atoms in total. The predicted octanol–water partition coefficient (Wildman–Crippen LogP) is 3.72. The summed E-state index contributed by atoms with van der Waals surface area (Å²) in [7, 11) is 2.00. The lowest BCUT2D eigenvalue weighted by molar-refractivity contribution is 0.594. The van der Waals surface area contributed by atoms with Gasteiger partial charge < -0.3 is 5.32 Å². The van der Waals surface area contributed by atoms with Gasteiger partial charge in [-0.2, -0.15) is 0 Å². The number of pyridine rings is 1. The summed E-state index contributed by atoms with van der Waals surface area (Å²) in [6.07, 6.45) is 2.87. The minimum absolute atomic E-state index is 0.339. The largest absolute Gasteiger partial charge is 0.313 e. The van der Waals surface area contributed by atoms with Crippen molar-refractivity contribution in [2.24, 2.45) is 0 Å². The summed E-state index contributed by atoms with van der Waals surface area (Å²) >= 11 is 5.37. The second-order valence-electron chi connectivity index (χ2n) is 3.97. The van der Waals surface area contributed by atoms with E-state index in [2.05, 4.69) is 49.8 Å². The summed E-state index contributed by atoms with van der Waals surface area (Å²) in [6.45, 7) is 2.03. The van der Waals surface area contributed by atoms with E-state index in [0.717, 1.165) is 12.1 Å². The van der Waals surface area contributed by atoms with Gasteiger partial charge in [0.05, 0.1) is 0 Å². The van der Waals surface area contributed by atoms with Gasteiger partial charge in [0.25, 0.3) is 0 Å². The smallest absolute Gasteiger partial charge is 0.0375 e. The Morgan fingerprint density at radius 2 is 2.29 bits per heavy atom. The third-order valence-electron chi connectivity index (χ3n) is 2.75. The van der Waals surface area contributed by atoms with Crippen molar-refractivity contribution in [1.82, 2.24) is 10.3 Å². The normalized spacial score (nSPS) is 12.6. The highest BCUT2D eigenvalue weighted by Crippen LogP contribution is 2.28. The molecule has 0 aliphatic carbocycles. The van der Waals surface area contributed by atoms with Crippen molar-refractivity contribution in [3.8, 4) is 0 Å². The number of halogens is 1. The molecule has 2 heterocycles. The first-order chi connectivity index (χ1) is 8.20. The van der Waals surface area contributed by atoms with E-state index in [1.165, 1.54) is 14.9 Å². The lowest BCUT2D eigenvalue weighted by Gasteiger charge is -2.16. The van der Waals surface area contributed by atoms with E-state index >= 15 is 0 Å². The second kappa shape index (κ2) is 5.76. The fourth-order valence-corrected chi connectivity index (χ4v) is 3.39. The first-order valence-corrected chi connectivity index (χ1v) is 7.19. The van der Waals surface area contributed by atoms with Crippen LogP contribution in [0.4, 0.5) is 0 Å². The van der Waals surface area contributed by atoms with Crippen LogP contribution in [-0.2, 0) is 6.42 Å². The highest BCUT2D eigenvalue weighted by atomic mass is 79.9. The summed E-state index contributed by atoms with van der Waals surface area (Å²) in [4.78, 5) is 5.61. The Labute approximate surface area is 114 Å². The lowest BCUT2D eigenvalue weighted by Crippen LogP contribution is -2.18. The molecule has 2 rings (SSSR count). The van der Waals surface area contributed by atoms with Gasteiger partial charge in [-0.15, -0.1) is 11.3 Å². The molecule has 0 aliphatic heterocycles. The Morgan fingerprint density at radius 3 is 2.88 bits per heavy atom. The van der Waals surface area contributed by atoms with Crippen LogP contribution >= 0.6 is 27.3 Å². The standard InChI is InChI=1S/C13H15BrN2S/c1-9-7-10(3-5-16-9)12(15-2)8-13-11(14)4-6-17-13/h3-7,12,15H,8H2,1-2H3. The Bertz CT molecular complexity index is 496. The van der Waals surface area contributed by atoms with E-state index in [1.54, 1.807) is 11.3 Å². The van der Waals surface area contributed by atoms with Crippen LogP contribution in [0.25, 0.3) is 0 Å². The zero-order valence-electron chi connectivity index (χ0n) is 9.90. The van der Waals surface area contributed by atoms with E-state index in [9.17, 15) is 0 Å². The van der Waals surface area contributed by atoms with E-state index in [-0.39, 0.29) is 0 Å². The number of nitrogens with zero attached hydrogens (tertiary/aromatic N) is 1. The first-order valence-electron chi connectivity index (χ1n) is 5.52. The Kier molecular flexibility index (Phi) is 4.31. The van der Waals surface area contributed by atoms with Crippen LogP contribution < -0.4 is 5.32 Å². The predicted molar refractivity (Wildman–Crippen MR) is 76.5 cm³/mol. The van der Waals surface area contributed by atoms with Gasteiger partial charge in [0.2, 0.25) is 0 Å². The maximum absolute atomic E-state index is 4.24. The fourth-order valence-electron chi connectivity index (χ4n) is 1.83. The number of nitrogens with one attached hydrogen (secondary N) is 1. The topological polar surface area (TPSA) is 24.9 Å². The summed E-state index contributed by atoms with van der Waals surface area (Å²) in [5.41, 5.74) is 2.35. The van der Waals surface area contributed by atoms with Gasteiger partial charge in [-0.3, -0.25) is 4.98 Å². The summed E-state index contributed by atoms with van der Waals surface area (Å²) < 4.78 is 1.20. The quantitative estimate of drug-likeness (QED) is 0.931. The van der Waals surface area contributed by atoms with Crippen LogP contribution in [0.2, 0.25) is 0 Å². The van der Waals surface area contributed by atoms with Crippen LogP contribution in [0.5, 0.6) is 0 Å². The van der Waals surface area contributed by atoms with Gasteiger partial charge in [-0.25, -0.2) is 0 Å². The van der Waals surface area contributed by atoms with Crippen LogP contribution in [-0.4, -0.2) is 12.0 Å². The molecular formula is C13H15BrN2S. The van der Waals surface area contributed by atoms with Crippen molar-refractivity contribution in [1.29, 1.82) is 0 Å². The molecule has 1 unspecified atom stereocenters. The van der Waals surface area contributed by atoms with Gasteiger partial charge in [-0.05, 0) is 59.0 Å². The minimum atomic E-state index is 0.339. The van der Waals surface area contributed by atoms with Crippen molar-refractivity contribution in [3.05, 3.63) is 50.4 Å². The maximum Gasteiger partial charge on any atom is 0.0375 e. The number of aromatic nitrogens is 1. The van der Waals surface area contributed by atoms with Gasteiger partial charge >= 0.3 is 0 Å². The number of thiophene rings is 1. The summed E-state index contributed by atoms with van der Waals surface area (Å²) in [5.74, 6) is 0. The van der Waals surface area contributed by atoms with Crippen LogP contribution in [0.15, 0.2) is 34.2 Å². The lowest BCUT2D eigenvalue weighted by atomic mass is 10.0. The molecule has 0 aromatic carbocycles. The molecule has 4 heteroatoms. The van der Waals surface area contributed by atoms with E-state index < -0.39 is 0 Å². The van der Waals surface area contributed by atoms with Crippen LogP contribution in [0.1, 0.15) is 22.2 Å². The van der Waals surface area contributed by atoms with Crippen molar-refractivity contribution in [2.75, 3.05) is 7.05 Å². The Morgan fingerprint density at radius 1 is 1.47 bits per heavy atom. The Hall–Kier alpha value is -0.710. The number of hydrogen-bond acceptors (Lipinski definition) is 3. The van der Waals surface area contributed by atoms with Gasteiger partial charge in [0.15, 0.2) is 0 Å². The molecule has 2 aromatic rings. The molecule has 0 saturated heterocycles. The second-order valence-corrected chi connectivity index (χ2v) is 5.82. The SMILES string of the molecule is CNC(Cc1sccc1Br)c1ccnc(C)c1. The maximum atomic E-state index is 4.24. The first kappa shape index (κ1) is 12.7. The third-order valence-corrected chi connectivity index (χ3v) is 4.70. The molecule has 0 saturated carbocycles. The van der Waals surface area contributed by atoms with Crippen molar-refractivity contribution in [3.63, 3.8) is 0 Å². The fraction of sp³-hybridized carbons (Fsp3) is 0.308. The number of likely N-dealkylation sites (N-methyl/N-ethyl adjacent to an activating group) is 1. The number of rotatable bonds is 4. The number of aryl methyl sites for hydroxylation is 1. The van der Waals surface area contributed by atoms with Crippen molar-refractivity contribution < 1.29 is 0 Å². The molecule has 2 aromatic heterocycles. The minimum Gasteiger partial charge on any atom is -0.313 e. The molecular weight excluding hydrogens is 296 g/mol. The highest BCUT2D eigenvalue weighted by Gasteiger charge is 2.13. The summed E-state index contributed by atoms with van der Waals surface area (Å²) in [6, 6.07) is 6.66. The molecule has 0 aliphatic rings. The summed E-state index contributed by atoms with van der Waals surface area (Å²) in [5, 5.41) is 5.48.